The van der Waals surface area contributed by atoms with E-state index in [-0.39, 0.29) is 5.97 Å². The molecule has 3 heterocycles. The molecule has 128 valence electrons. The molecule has 1 fully saturated rings. The number of esters is 1. The zero-order valence-corrected chi connectivity index (χ0v) is 14.1. The molecule has 0 bridgehead atoms. The Hall–Kier alpha value is -3.03. The highest BCUT2D eigenvalue weighted by atomic mass is 16.5. The lowest BCUT2D eigenvalue weighted by atomic mass is 10.1. The fraction of sp³-hybridized carbons (Fsp3) is 0.353. The molecule has 8 heteroatoms. The topological polar surface area (TPSA) is 94.3 Å². The van der Waals surface area contributed by atoms with Crippen molar-refractivity contribution in [2.45, 2.75) is 32.2 Å². The maximum absolute atomic E-state index is 11.9. The minimum atomic E-state index is -0.330. The SMILES string of the molecule is COC(=O)c1ccc(CNc2ccc3nnc(C)n3n2)nc1C1CC1. The highest BCUT2D eigenvalue weighted by molar-refractivity contribution is 5.90. The zero-order valence-electron chi connectivity index (χ0n) is 14.1. The third-order valence-electron chi connectivity index (χ3n) is 4.22. The molecule has 0 amide bonds. The molecule has 0 unspecified atom stereocenters. The molecule has 4 rings (SSSR count). The average molecular weight is 338 g/mol. The predicted octanol–water partition coefficient (Wildman–Crippen LogP) is 2.10. The Morgan fingerprint density at radius 2 is 2.12 bits per heavy atom. The molecular formula is C17H18N6O2. The number of fused-ring (bicyclic) bond motifs is 1. The number of aromatic nitrogens is 5. The van der Waals surface area contributed by atoms with Crippen molar-refractivity contribution in [1.82, 2.24) is 24.8 Å². The summed E-state index contributed by atoms with van der Waals surface area (Å²) in [7, 11) is 1.39. The van der Waals surface area contributed by atoms with Crippen LogP contribution in [0.4, 0.5) is 5.82 Å². The van der Waals surface area contributed by atoms with Crippen molar-refractivity contribution in [1.29, 1.82) is 0 Å². The van der Waals surface area contributed by atoms with E-state index in [9.17, 15) is 4.79 Å². The van der Waals surface area contributed by atoms with Gasteiger partial charge in [-0.3, -0.25) is 4.98 Å². The van der Waals surface area contributed by atoms with Gasteiger partial charge in [0.1, 0.15) is 5.82 Å². The van der Waals surface area contributed by atoms with Crippen LogP contribution in [0.25, 0.3) is 5.65 Å². The van der Waals surface area contributed by atoms with Gasteiger partial charge in [-0.05, 0) is 44.0 Å². The molecular weight excluding hydrogens is 320 g/mol. The minimum Gasteiger partial charge on any atom is -0.465 e. The largest absolute Gasteiger partial charge is 0.465 e. The van der Waals surface area contributed by atoms with Crippen LogP contribution in [-0.2, 0) is 11.3 Å². The highest BCUT2D eigenvalue weighted by Gasteiger charge is 2.30. The third kappa shape index (κ3) is 3.02. The van der Waals surface area contributed by atoms with E-state index in [1.165, 1.54) is 7.11 Å². The molecule has 0 spiro atoms. The van der Waals surface area contributed by atoms with Crippen LogP contribution in [0.5, 0.6) is 0 Å². The fourth-order valence-electron chi connectivity index (χ4n) is 2.74. The number of nitrogens with one attached hydrogen (secondary N) is 1. The Balaban J connectivity index is 1.54. The summed E-state index contributed by atoms with van der Waals surface area (Å²) in [6.07, 6.45) is 2.14. The second-order valence-corrected chi connectivity index (χ2v) is 6.09. The fourth-order valence-corrected chi connectivity index (χ4v) is 2.74. The van der Waals surface area contributed by atoms with Crippen molar-refractivity contribution in [3.05, 3.63) is 47.0 Å². The molecule has 3 aromatic heterocycles. The second-order valence-electron chi connectivity index (χ2n) is 6.09. The number of hydrogen-bond acceptors (Lipinski definition) is 7. The first-order valence-corrected chi connectivity index (χ1v) is 8.17. The van der Waals surface area contributed by atoms with E-state index in [1.54, 1.807) is 10.6 Å². The smallest absolute Gasteiger partial charge is 0.339 e. The summed E-state index contributed by atoms with van der Waals surface area (Å²) in [4.78, 5) is 16.6. The molecule has 0 saturated heterocycles. The van der Waals surface area contributed by atoms with Gasteiger partial charge in [-0.1, -0.05) is 0 Å². The Morgan fingerprint density at radius 1 is 1.28 bits per heavy atom. The first-order chi connectivity index (χ1) is 12.2. The first kappa shape index (κ1) is 15.5. The van der Waals surface area contributed by atoms with Crippen LogP contribution in [0.1, 0.15) is 46.3 Å². The first-order valence-electron chi connectivity index (χ1n) is 8.17. The van der Waals surface area contributed by atoms with Gasteiger partial charge in [0.05, 0.1) is 30.6 Å². The van der Waals surface area contributed by atoms with Gasteiger partial charge in [0.15, 0.2) is 11.5 Å². The van der Waals surface area contributed by atoms with Crippen LogP contribution >= 0.6 is 0 Å². The standard InChI is InChI=1S/C17H18N6O2/c1-10-20-21-15-8-7-14(22-23(10)15)18-9-12-5-6-13(17(24)25-2)16(19-12)11-3-4-11/h5-8,11H,3-4,9H2,1-2H3,(H,18,22). The molecule has 1 aliphatic carbocycles. The van der Waals surface area contributed by atoms with Gasteiger partial charge in [-0.15, -0.1) is 15.3 Å². The number of ether oxygens (including phenoxy) is 1. The monoisotopic (exact) mass is 338 g/mol. The second kappa shape index (κ2) is 6.12. The van der Waals surface area contributed by atoms with E-state index in [0.717, 1.165) is 30.1 Å². The van der Waals surface area contributed by atoms with E-state index in [0.29, 0.717) is 29.5 Å². The number of carbonyl (C=O) groups excluding carboxylic acids is 1. The summed E-state index contributed by atoms with van der Waals surface area (Å²) < 4.78 is 6.54. The molecule has 3 aromatic rings. The summed E-state index contributed by atoms with van der Waals surface area (Å²) in [5, 5.41) is 15.7. The van der Waals surface area contributed by atoms with Crippen molar-refractivity contribution in [2.24, 2.45) is 0 Å². The molecule has 8 nitrogen and oxygen atoms in total. The Bertz CT molecular complexity index is 947. The molecule has 0 radical (unpaired) electrons. The van der Waals surface area contributed by atoms with Crippen LogP contribution in [0.15, 0.2) is 24.3 Å². The molecule has 1 saturated carbocycles. The van der Waals surface area contributed by atoms with Gasteiger partial charge in [0, 0.05) is 5.92 Å². The number of aryl methyl sites for hydroxylation is 1. The number of nitrogens with zero attached hydrogens (tertiary/aromatic N) is 5. The van der Waals surface area contributed by atoms with Crippen LogP contribution in [-0.4, -0.2) is 37.9 Å². The summed E-state index contributed by atoms with van der Waals surface area (Å²) >= 11 is 0. The van der Waals surface area contributed by atoms with Gasteiger partial charge in [0.2, 0.25) is 0 Å². The summed E-state index contributed by atoms with van der Waals surface area (Å²) in [5.74, 6) is 1.48. The van der Waals surface area contributed by atoms with Crippen LogP contribution in [0.3, 0.4) is 0 Å². The predicted molar refractivity (Wildman–Crippen MR) is 90.4 cm³/mol. The van der Waals surface area contributed by atoms with E-state index in [2.05, 4.69) is 25.6 Å². The van der Waals surface area contributed by atoms with Crippen molar-refractivity contribution >= 4 is 17.4 Å². The van der Waals surface area contributed by atoms with E-state index >= 15 is 0 Å². The number of methoxy groups -OCH3 is 1. The normalized spacial score (nSPS) is 13.8. The van der Waals surface area contributed by atoms with Crippen molar-refractivity contribution < 1.29 is 9.53 Å². The lowest BCUT2D eigenvalue weighted by molar-refractivity contribution is 0.0598. The summed E-state index contributed by atoms with van der Waals surface area (Å²) in [6.45, 7) is 2.37. The van der Waals surface area contributed by atoms with Crippen molar-refractivity contribution in [3.8, 4) is 0 Å². The van der Waals surface area contributed by atoms with Gasteiger partial charge in [-0.25, -0.2) is 4.79 Å². The number of hydrogen-bond donors (Lipinski definition) is 1. The van der Waals surface area contributed by atoms with E-state index < -0.39 is 0 Å². The number of pyridine rings is 1. The Morgan fingerprint density at radius 3 is 2.88 bits per heavy atom. The van der Waals surface area contributed by atoms with Crippen LogP contribution in [0, 0.1) is 6.92 Å². The quantitative estimate of drug-likeness (QED) is 0.712. The Kier molecular flexibility index (Phi) is 3.79. The van der Waals surface area contributed by atoms with Crippen LogP contribution in [0.2, 0.25) is 0 Å². The summed E-state index contributed by atoms with van der Waals surface area (Å²) in [6, 6.07) is 7.35. The van der Waals surface area contributed by atoms with Gasteiger partial charge < -0.3 is 10.1 Å². The lowest BCUT2D eigenvalue weighted by Crippen LogP contribution is -2.11. The molecule has 0 aliphatic heterocycles. The van der Waals surface area contributed by atoms with Gasteiger partial charge >= 0.3 is 5.97 Å². The molecule has 1 N–H and O–H groups in total. The van der Waals surface area contributed by atoms with Crippen molar-refractivity contribution in [3.63, 3.8) is 0 Å². The number of carbonyl (C=O) groups is 1. The number of rotatable bonds is 5. The highest BCUT2D eigenvalue weighted by Crippen LogP contribution is 2.40. The number of anilines is 1. The summed E-state index contributed by atoms with van der Waals surface area (Å²) in [5.41, 5.74) is 2.97. The maximum atomic E-state index is 11.9. The van der Waals surface area contributed by atoms with Gasteiger partial charge in [0.25, 0.3) is 0 Å². The van der Waals surface area contributed by atoms with Crippen LogP contribution < -0.4 is 5.32 Å². The van der Waals surface area contributed by atoms with E-state index in [1.807, 2.05) is 25.1 Å². The molecule has 1 aliphatic rings. The van der Waals surface area contributed by atoms with Crippen molar-refractivity contribution in [2.75, 3.05) is 12.4 Å². The molecule has 0 aromatic carbocycles. The Labute approximate surface area is 144 Å². The molecule has 0 atom stereocenters. The zero-order chi connectivity index (χ0) is 17.4. The minimum absolute atomic E-state index is 0.330. The molecule has 25 heavy (non-hydrogen) atoms. The lowest BCUT2D eigenvalue weighted by Gasteiger charge is -2.10. The maximum Gasteiger partial charge on any atom is 0.339 e. The van der Waals surface area contributed by atoms with Gasteiger partial charge in [-0.2, -0.15) is 4.52 Å². The third-order valence-corrected chi connectivity index (χ3v) is 4.22. The van der Waals surface area contributed by atoms with E-state index in [4.69, 9.17) is 4.74 Å². The average Bonchev–Trinajstić information content (AvgIpc) is 3.43.